The van der Waals surface area contributed by atoms with E-state index in [1.807, 2.05) is 61.5 Å². The molecule has 0 unspecified atom stereocenters. The second kappa shape index (κ2) is 8.66. The number of nitrogens with zero attached hydrogens (tertiary/aromatic N) is 4. The smallest absolute Gasteiger partial charge is 0.376 e. The maximum Gasteiger partial charge on any atom is 0.376 e. The van der Waals surface area contributed by atoms with E-state index in [4.69, 9.17) is 9.47 Å². The zero-order valence-electron chi connectivity index (χ0n) is 18.4. The van der Waals surface area contributed by atoms with E-state index >= 15 is 0 Å². The molecule has 0 amide bonds. The number of methoxy groups -OCH3 is 1. The molecule has 0 radical (unpaired) electrons. The molecule has 8 nitrogen and oxygen atoms in total. The summed E-state index contributed by atoms with van der Waals surface area (Å²) in [6.07, 6.45) is 0. The maximum absolute atomic E-state index is 12.9. The van der Waals surface area contributed by atoms with Crippen LogP contribution in [-0.4, -0.2) is 42.4 Å². The molecule has 0 fully saturated rings. The topological polar surface area (TPSA) is 83.8 Å². The lowest BCUT2D eigenvalue weighted by atomic mass is 9.93. The van der Waals surface area contributed by atoms with Crippen molar-refractivity contribution in [2.75, 3.05) is 18.7 Å². The number of amidine groups is 1. The first-order valence-corrected chi connectivity index (χ1v) is 10.3. The number of hydrogen-bond donors (Lipinski definition) is 0. The molecule has 1 atom stereocenters. The minimum atomic E-state index is -0.660. The predicted molar refractivity (Wildman–Crippen MR) is 121 cm³/mol. The van der Waals surface area contributed by atoms with Gasteiger partial charge in [0.25, 0.3) is 0 Å². The van der Waals surface area contributed by atoms with Crippen LogP contribution in [0.5, 0.6) is 0 Å². The first-order chi connectivity index (χ1) is 15.5. The number of ether oxygens (including phenoxy) is 2. The number of aryl methyl sites for hydroxylation is 1. The van der Waals surface area contributed by atoms with Crippen molar-refractivity contribution < 1.29 is 19.1 Å². The maximum atomic E-state index is 12.9. The quantitative estimate of drug-likeness (QED) is 0.672. The number of carbonyl (C=O) groups excluding carboxylic acids is 2. The zero-order valence-corrected chi connectivity index (χ0v) is 18.4. The van der Waals surface area contributed by atoms with Crippen molar-refractivity contribution in [1.29, 1.82) is 0 Å². The van der Waals surface area contributed by atoms with Gasteiger partial charge in [0.2, 0.25) is 11.8 Å². The van der Waals surface area contributed by atoms with Crippen LogP contribution >= 0.6 is 0 Å². The summed E-state index contributed by atoms with van der Waals surface area (Å²) in [4.78, 5) is 32.1. The van der Waals surface area contributed by atoms with E-state index in [-0.39, 0.29) is 12.4 Å². The SMILES string of the molecule is CCOC(=O)C1=NN(c2ccccc2)C2=NC(C)=C(C(=O)OC)[C@H](c3ccc(C)cc3)N12. The normalized spacial score (nSPS) is 17.6. The number of esters is 2. The summed E-state index contributed by atoms with van der Waals surface area (Å²) in [5.41, 5.74) is 3.44. The van der Waals surface area contributed by atoms with E-state index < -0.39 is 18.0 Å². The summed E-state index contributed by atoms with van der Waals surface area (Å²) in [5, 5.41) is 6.15. The van der Waals surface area contributed by atoms with E-state index in [0.717, 1.165) is 16.8 Å². The highest BCUT2D eigenvalue weighted by molar-refractivity contribution is 6.41. The fraction of sp³-hybridized carbons (Fsp3) is 0.250. The number of guanidine groups is 1. The molecule has 0 saturated heterocycles. The van der Waals surface area contributed by atoms with Crippen LogP contribution in [0.2, 0.25) is 0 Å². The van der Waals surface area contributed by atoms with Gasteiger partial charge < -0.3 is 9.47 Å². The van der Waals surface area contributed by atoms with Crippen molar-refractivity contribution in [1.82, 2.24) is 4.90 Å². The molecule has 2 aromatic carbocycles. The standard InChI is InChI=1S/C24H24N4O4/c1-5-32-23(30)21-26-28(18-9-7-6-8-10-18)24-25-16(3)19(22(29)31-4)20(27(21)24)17-13-11-15(2)12-14-17/h6-14,20H,5H2,1-4H3/t20-/m0/s1. The Hall–Kier alpha value is -3.94. The van der Waals surface area contributed by atoms with Crippen molar-refractivity contribution in [2.24, 2.45) is 10.1 Å². The van der Waals surface area contributed by atoms with Gasteiger partial charge in [-0.15, -0.1) is 5.10 Å². The molecule has 0 bridgehead atoms. The summed E-state index contributed by atoms with van der Waals surface area (Å²) >= 11 is 0. The highest BCUT2D eigenvalue weighted by atomic mass is 16.5. The second-order valence-corrected chi connectivity index (χ2v) is 7.38. The number of allylic oxidation sites excluding steroid dienone is 1. The minimum Gasteiger partial charge on any atom is -0.466 e. The molecule has 2 aliphatic rings. The number of para-hydroxylation sites is 1. The molecule has 8 heteroatoms. The third-order valence-electron chi connectivity index (χ3n) is 5.27. The fourth-order valence-corrected chi connectivity index (χ4v) is 3.77. The van der Waals surface area contributed by atoms with E-state index in [0.29, 0.717) is 17.2 Å². The number of hydrazone groups is 1. The molecule has 164 valence electrons. The molecule has 0 saturated carbocycles. The van der Waals surface area contributed by atoms with Gasteiger partial charge >= 0.3 is 11.9 Å². The van der Waals surface area contributed by atoms with Crippen LogP contribution in [0.15, 0.2) is 76.0 Å². The van der Waals surface area contributed by atoms with Crippen molar-refractivity contribution in [2.45, 2.75) is 26.8 Å². The van der Waals surface area contributed by atoms with Crippen molar-refractivity contribution in [3.05, 3.63) is 77.0 Å². The van der Waals surface area contributed by atoms with Crippen molar-refractivity contribution >= 4 is 29.4 Å². The Morgan fingerprint density at radius 2 is 1.69 bits per heavy atom. The second-order valence-electron chi connectivity index (χ2n) is 7.38. The van der Waals surface area contributed by atoms with Crippen LogP contribution in [0.1, 0.15) is 31.0 Å². The molecule has 2 heterocycles. The van der Waals surface area contributed by atoms with Crippen LogP contribution in [0.4, 0.5) is 5.69 Å². The van der Waals surface area contributed by atoms with Crippen LogP contribution < -0.4 is 5.01 Å². The van der Waals surface area contributed by atoms with Crippen LogP contribution in [-0.2, 0) is 19.1 Å². The Kier molecular flexibility index (Phi) is 5.77. The van der Waals surface area contributed by atoms with Gasteiger partial charge in [0.05, 0.1) is 36.7 Å². The van der Waals surface area contributed by atoms with Crippen LogP contribution in [0, 0.1) is 6.92 Å². The molecule has 0 aromatic heterocycles. The van der Waals surface area contributed by atoms with Gasteiger partial charge in [0.1, 0.15) is 0 Å². The van der Waals surface area contributed by atoms with Gasteiger partial charge in [-0.3, -0.25) is 4.90 Å². The molecule has 0 aliphatic carbocycles. The van der Waals surface area contributed by atoms with E-state index in [1.165, 1.54) is 7.11 Å². The number of benzene rings is 2. The monoisotopic (exact) mass is 432 g/mol. The highest BCUT2D eigenvalue weighted by Crippen LogP contribution is 2.40. The lowest BCUT2D eigenvalue weighted by Gasteiger charge is -2.35. The van der Waals surface area contributed by atoms with E-state index in [1.54, 1.807) is 23.8 Å². The summed E-state index contributed by atoms with van der Waals surface area (Å²) in [6, 6.07) is 16.5. The molecular weight excluding hydrogens is 408 g/mol. The van der Waals surface area contributed by atoms with Crippen LogP contribution in [0.25, 0.3) is 0 Å². The average molecular weight is 432 g/mol. The minimum absolute atomic E-state index is 0.0499. The first kappa shape index (κ1) is 21.3. The van der Waals surface area contributed by atoms with E-state index in [9.17, 15) is 9.59 Å². The van der Waals surface area contributed by atoms with Gasteiger partial charge in [-0.2, -0.15) is 5.01 Å². The largest absolute Gasteiger partial charge is 0.466 e. The highest BCUT2D eigenvalue weighted by Gasteiger charge is 2.47. The fourth-order valence-electron chi connectivity index (χ4n) is 3.77. The van der Waals surface area contributed by atoms with Crippen molar-refractivity contribution in [3.63, 3.8) is 0 Å². The Bertz CT molecular complexity index is 1140. The third kappa shape index (κ3) is 3.64. The zero-order chi connectivity index (χ0) is 22.8. The number of carbonyl (C=O) groups is 2. The van der Waals surface area contributed by atoms with Crippen LogP contribution in [0.3, 0.4) is 0 Å². The predicted octanol–water partition coefficient (Wildman–Crippen LogP) is 3.55. The average Bonchev–Trinajstić information content (AvgIpc) is 3.18. The van der Waals surface area contributed by atoms with Crippen molar-refractivity contribution in [3.8, 4) is 0 Å². The summed E-state index contributed by atoms with van der Waals surface area (Å²) in [6.45, 7) is 5.66. The first-order valence-electron chi connectivity index (χ1n) is 10.3. The number of anilines is 1. The molecule has 32 heavy (non-hydrogen) atoms. The Balaban J connectivity index is 1.94. The number of hydrogen-bond acceptors (Lipinski definition) is 8. The Morgan fingerprint density at radius 1 is 1.00 bits per heavy atom. The molecule has 4 rings (SSSR count). The van der Waals surface area contributed by atoms with Gasteiger partial charge in [-0.25, -0.2) is 14.6 Å². The molecule has 2 aliphatic heterocycles. The number of aliphatic imine (C=N–C) groups is 1. The Labute approximate surface area is 186 Å². The summed E-state index contributed by atoms with van der Waals surface area (Å²) in [7, 11) is 1.33. The van der Waals surface area contributed by atoms with E-state index in [2.05, 4.69) is 10.1 Å². The molecular formula is C24H24N4O4. The Morgan fingerprint density at radius 3 is 2.31 bits per heavy atom. The summed E-state index contributed by atoms with van der Waals surface area (Å²) in [5.74, 6) is -0.652. The molecule has 0 N–H and O–H groups in total. The molecule has 0 spiro atoms. The summed E-state index contributed by atoms with van der Waals surface area (Å²) < 4.78 is 10.4. The lowest BCUT2D eigenvalue weighted by Crippen LogP contribution is -2.47. The molecule has 2 aromatic rings. The van der Waals surface area contributed by atoms with Gasteiger partial charge in [0.15, 0.2) is 0 Å². The number of fused-ring (bicyclic) bond motifs is 1. The third-order valence-corrected chi connectivity index (χ3v) is 5.27. The van der Waals surface area contributed by atoms with Gasteiger partial charge in [0, 0.05) is 0 Å². The lowest BCUT2D eigenvalue weighted by molar-refractivity contribution is -0.138. The number of rotatable bonds is 5. The van der Waals surface area contributed by atoms with Gasteiger partial charge in [-0.1, -0.05) is 48.0 Å². The van der Waals surface area contributed by atoms with Gasteiger partial charge in [-0.05, 0) is 38.5 Å².